The Morgan fingerprint density at radius 3 is 2.65 bits per heavy atom. The highest BCUT2D eigenvalue weighted by molar-refractivity contribution is 7.07. The van der Waals surface area contributed by atoms with Gasteiger partial charge in [-0.1, -0.05) is 59.3 Å². The molecule has 0 bridgehead atoms. The van der Waals surface area contributed by atoms with Crippen LogP contribution in [0.4, 0.5) is 0 Å². The zero-order chi connectivity index (χ0) is 28.4. The van der Waals surface area contributed by atoms with Gasteiger partial charge in [-0.15, -0.1) is 0 Å². The van der Waals surface area contributed by atoms with E-state index in [0.29, 0.717) is 65.7 Å². The molecule has 3 heterocycles. The van der Waals surface area contributed by atoms with Crippen molar-refractivity contribution in [3.05, 3.63) is 120 Å². The van der Waals surface area contributed by atoms with E-state index in [0.717, 1.165) is 0 Å². The van der Waals surface area contributed by atoms with E-state index in [4.69, 9.17) is 37.1 Å². The smallest absolute Gasteiger partial charge is 0.338 e. The first kappa shape index (κ1) is 27.7. The Morgan fingerprint density at radius 2 is 1.95 bits per heavy atom. The minimum absolute atomic E-state index is 0.194. The van der Waals surface area contributed by atoms with E-state index in [2.05, 4.69) is 11.6 Å². The lowest BCUT2D eigenvalue weighted by molar-refractivity contribution is -0.139. The second-order valence-corrected chi connectivity index (χ2v) is 10.6. The molecule has 0 spiro atoms. The molecule has 7 nitrogen and oxygen atoms in total. The molecule has 0 amide bonds. The molecule has 5 rings (SSSR count). The van der Waals surface area contributed by atoms with Gasteiger partial charge in [0.05, 0.1) is 33.5 Å². The summed E-state index contributed by atoms with van der Waals surface area (Å²) in [6.45, 7) is 7.70. The van der Waals surface area contributed by atoms with E-state index in [1.807, 2.05) is 12.1 Å². The van der Waals surface area contributed by atoms with Gasteiger partial charge < -0.3 is 13.9 Å². The van der Waals surface area contributed by atoms with Crippen LogP contribution in [-0.4, -0.2) is 23.8 Å². The summed E-state index contributed by atoms with van der Waals surface area (Å²) in [5.74, 6) is 1.13. The third-order valence-corrected chi connectivity index (χ3v) is 7.71. The minimum atomic E-state index is -0.731. The Balaban J connectivity index is 1.60. The topological polar surface area (TPSA) is 83.0 Å². The van der Waals surface area contributed by atoms with Crippen LogP contribution in [0, 0.1) is 0 Å². The number of allylic oxidation sites excluding steroid dienone is 1. The van der Waals surface area contributed by atoms with E-state index in [9.17, 15) is 9.59 Å². The molecule has 0 unspecified atom stereocenters. The summed E-state index contributed by atoms with van der Waals surface area (Å²) in [6.07, 6.45) is 3.31. The number of halogens is 2. The van der Waals surface area contributed by atoms with Gasteiger partial charge in [-0.25, -0.2) is 9.79 Å². The summed E-state index contributed by atoms with van der Waals surface area (Å²) in [5, 5.41) is 0.975. The first-order chi connectivity index (χ1) is 19.3. The van der Waals surface area contributed by atoms with Crippen molar-refractivity contribution >= 4 is 46.6 Å². The fourth-order valence-electron chi connectivity index (χ4n) is 4.40. The van der Waals surface area contributed by atoms with E-state index in [-0.39, 0.29) is 12.2 Å². The van der Waals surface area contributed by atoms with Crippen LogP contribution in [0.2, 0.25) is 10.0 Å². The van der Waals surface area contributed by atoms with Crippen molar-refractivity contribution in [2.45, 2.75) is 19.9 Å². The molecule has 2 aromatic carbocycles. The standard InChI is InChI=1S/C30H24Cl2N2O5S/c1-4-14-38-20-9-6-18(7-10-20)27-26(29(36)37-5-2)17(3)33-30-34(27)28(35)25(40-30)16-21-11-13-24(39-21)22-12-8-19(31)15-23(22)32/h4,6-13,15-16,27H,1,5,14H2,2-3H3/b25-16-/t27-/m0/s1. The van der Waals surface area contributed by atoms with Crippen LogP contribution in [0.1, 0.15) is 31.2 Å². The number of carbonyl (C=O) groups is 1. The van der Waals surface area contributed by atoms with Gasteiger partial charge in [-0.05, 0) is 61.9 Å². The highest BCUT2D eigenvalue weighted by Gasteiger charge is 2.33. The van der Waals surface area contributed by atoms with Crippen LogP contribution in [0.3, 0.4) is 0 Å². The van der Waals surface area contributed by atoms with Crippen LogP contribution in [0.5, 0.6) is 5.75 Å². The number of benzene rings is 2. The summed E-state index contributed by atoms with van der Waals surface area (Å²) < 4.78 is 18.9. The zero-order valence-corrected chi connectivity index (χ0v) is 24.0. The summed E-state index contributed by atoms with van der Waals surface area (Å²) in [5.41, 5.74) is 1.88. The number of hydrogen-bond donors (Lipinski definition) is 0. The molecular formula is C30H24Cl2N2O5S. The van der Waals surface area contributed by atoms with Crippen molar-refractivity contribution in [3.63, 3.8) is 0 Å². The van der Waals surface area contributed by atoms with E-state index < -0.39 is 12.0 Å². The molecule has 0 saturated carbocycles. The van der Waals surface area contributed by atoms with E-state index >= 15 is 0 Å². The zero-order valence-electron chi connectivity index (χ0n) is 21.6. The average Bonchev–Trinajstić information content (AvgIpc) is 3.51. The number of thiazole rings is 1. The van der Waals surface area contributed by atoms with Gasteiger partial charge >= 0.3 is 5.97 Å². The predicted octanol–water partition coefficient (Wildman–Crippen LogP) is 5.93. The highest BCUT2D eigenvalue weighted by atomic mass is 35.5. The Bertz CT molecular complexity index is 1820. The average molecular weight is 596 g/mol. The SMILES string of the molecule is C=CCOc1ccc([C@H]2C(C(=O)OCC)=C(C)N=c3s/c(=C\c4ccc(-c5ccc(Cl)cc5Cl)o4)c(=O)n32)cc1. The maximum Gasteiger partial charge on any atom is 0.338 e. The van der Waals surface area contributed by atoms with Gasteiger partial charge in [0.25, 0.3) is 5.56 Å². The summed E-state index contributed by atoms with van der Waals surface area (Å²) in [4.78, 5) is 31.9. The van der Waals surface area contributed by atoms with Crippen molar-refractivity contribution < 1.29 is 18.7 Å². The second-order valence-electron chi connectivity index (χ2n) is 8.80. The largest absolute Gasteiger partial charge is 0.490 e. The predicted molar refractivity (Wildman–Crippen MR) is 157 cm³/mol. The molecule has 204 valence electrons. The van der Waals surface area contributed by atoms with Gasteiger partial charge in [-0.3, -0.25) is 9.36 Å². The van der Waals surface area contributed by atoms with Gasteiger partial charge in [0.15, 0.2) is 4.80 Å². The summed E-state index contributed by atoms with van der Waals surface area (Å²) in [7, 11) is 0. The molecule has 0 N–H and O–H groups in total. The van der Waals surface area contributed by atoms with Gasteiger partial charge in [-0.2, -0.15) is 0 Å². The Kier molecular flexibility index (Phi) is 8.12. The molecular weight excluding hydrogens is 571 g/mol. The van der Waals surface area contributed by atoms with Crippen LogP contribution in [-0.2, 0) is 9.53 Å². The van der Waals surface area contributed by atoms with Crippen molar-refractivity contribution in [2.24, 2.45) is 4.99 Å². The van der Waals surface area contributed by atoms with Crippen molar-refractivity contribution in [1.29, 1.82) is 0 Å². The maximum atomic E-state index is 13.8. The number of nitrogens with zero attached hydrogens (tertiary/aromatic N) is 2. The number of hydrogen-bond acceptors (Lipinski definition) is 7. The molecule has 10 heteroatoms. The first-order valence-corrected chi connectivity index (χ1v) is 14.0. The third-order valence-electron chi connectivity index (χ3n) is 6.18. The molecule has 1 aliphatic rings. The number of fused-ring (bicyclic) bond motifs is 1. The number of esters is 1. The Labute approximate surface area is 243 Å². The minimum Gasteiger partial charge on any atom is -0.490 e. The van der Waals surface area contributed by atoms with Crippen LogP contribution >= 0.6 is 34.5 Å². The molecule has 0 saturated heterocycles. The Hall–Kier alpha value is -3.85. The number of carbonyl (C=O) groups excluding carboxylic acids is 1. The van der Waals surface area contributed by atoms with Crippen molar-refractivity contribution in [1.82, 2.24) is 4.57 Å². The Morgan fingerprint density at radius 1 is 1.18 bits per heavy atom. The fraction of sp³-hybridized carbons (Fsp3) is 0.167. The third kappa shape index (κ3) is 5.43. The molecule has 0 radical (unpaired) electrons. The van der Waals surface area contributed by atoms with E-state index in [1.165, 1.54) is 15.9 Å². The number of ether oxygens (including phenoxy) is 2. The van der Waals surface area contributed by atoms with Crippen molar-refractivity contribution in [2.75, 3.05) is 13.2 Å². The normalized spacial score (nSPS) is 15.0. The lowest BCUT2D eigenvalue weighted by Crippen LogP contribution is -2.39. The molecule has 40 heavy (non-hydrogen) atoms. The molecule has 2 aromatic heterocycles. The van der Waals surface area contributed by atoms with Crippen LogP contribution in [0.25, 0.3) is 17.4 Å². The van der Waals surface area contributed by atoms with Crippen LogP contribution in [0.15, 0.2) is 92.7 Å². The number of rotatable bonds is 8. The quantitative estimate of drug-likeness (QED) is 0.186. The summed E-state index contributed by atoms with van der Waals surface area (Å²) in [6, 6.07) is 15.2. The van der Waals surface area contributed by atoms with Gasteiger partial charge in [0, 0.05) is 16.7 Å². The van der Waals surface area contributed by atoms with Gasteiger partial charge in [0.1, 0.15) is 23.9 Å². The molecule has 4 aromatic rings. The number of aromatic nitrogens is 1. The maximum absolute atomic E-state index is 13.8. The molecule has 0 fully saturated rings. The first-order valence-electron chi connectivity index (χ1n) is 12.4. The number of furan rings is 1. The lowest BCUT2D eigenvalue weighted by Gasteiger charge is -2.24. The lowest BCUT2D eigenvalue weighted by atomic mass is 9.96. The van der Waals surface area contributed by atoms with Crippen LogP contribution < -0.4 is 19.6 Å². The molecule has 1 aliphatic heterocycles. The van der Waals surface area contributed by atoms with Crippen molar-refractivity contribution in [3.8, 4) is 17.1 Å². The molecule has 1 atom stereocenters. The fourth-order valence-corrected chi connectivity index (χ4v) is 5.93. The summed E-state index contributed by atoms with van der Waals surface area (Å²) >= 11 is 13.6. The molecule has 0 aliphatic carbocycles. The second kappa shape index (κ2) is 11.7. The van der Waals surface area contributed by atoms with E-state index in [1.54, 1.807) is 68.5 Å². The highest BCUT2D eigenvalue weighted by Crippen LogP contribution is 2.33. The monoisotopic (exact) mass is 594 g/mol. The van der Waals surface area contributed by atoms with Gasteiger partial charge in [0.2, 0.25) is 0 Å².